The molecule has 0 N–H and O–H groups in total. The summed E-state index contributed by atoms with van der Waals surface area (Å²) in [5.74, 6) is 0.175. The van der Waals surface area contributed by atoms with Crippen LogP contribution >= 0.6 is 15.9 Å². The zero-order chi connectivity index (χ0) is 14.6. The lowest BCUT2D eigenvalue weighted by Gasteiger charge is -2.23. The third-order valence-corrected chi connectivity index (χ3v) is 3.97. The molecule has 1 aromatic rings. The third kappa shape index (κ3) is 4.12. The Morgan fingerprint density at radius 3 is 2.55 bits per heavy atom. The van der Waals surface area contributed by atoms with Crippen LogP contribution in [0.4, 0.5) is 13.2 Å². The Kier molecular flexibility index (Phi) is 5.32. The highest BCUT2D eigenvalue weighted by molar-refractivity contribution is 9.08. The topological polar surface area (TPSA) is 18.5 Å². The molecule has 1 fully saturated rings. The molecule has 0 bridgehead atoms. The number of alkyl halides is 4. The van der Waals surface area contributed by atoms with Gasteiger partial charge in [0.1, 0.15) is 5.75 Å². The van der Waals surface area contributed by atoms with Gasteiger partial charge in [-0.25, -0.2) is 0 Å². The lowest BCUT2D eigenvalue weighted by atomic mass is 10.0. The number of hydrogen-bond donors (Lipinski definition) is 0. The highest BCUT2D eigenvalue weighted by atomic mass is 79.9. The monoisotopic (exact) mass is 352 g/mol. The van der Waals surface area contributed by atoms with E-state index in [-0.39, 0.29) is 11.7 Å². The highest BCUT2D eigenvalue weighted by Crippen LogP contribution is 2.37. The minimum absolute atomic E-state index is 0.0892. The van der Waals surface area contributed by atoms with Crippen LogP contribution in [0.3, 0.4) is 0 Å². The molecule has 6 heteroatoms. The van der Waals surface area contributed by atoms with Gasteiger partial charge >= 0.3 is 6.18 Å². The van der Waals surface area contributed by atoms with Crippen LogP contribution in [0.1, 0.15) is 24.0 Å². The smallest absolute Gasteiger partial charge is 0.419 e. The summed E-state index contributed by atoms with van der Waals surface area (Å²) < 4.78 is 49.7. The van der Waals surface area contributed by atoms with Crippen LogP contribution in [0.25, 0.3) is 0 Å². The van der Waals surface area contributed by atoms with Gasteiger partial charge in [-0.1, -0.05) is 22.0 Å². The minimum Gasteiger partial charge on any atom is -0.493 e. The van der Waals surface area contributed by atoms with Crippen LogP contribution in [0.5, 0.6) is 5.75 Å². The fourth-order valence-corrected chi connectivity index (χ4v) is 2.48. The molecule has 0 radical (unpaired) electrons. The lowest BCUT2D eigenvalue weighted by molar-refractivity contribution is -0.139. The summed E-state index contributed by atoms with van der Waals surface area (Å²) in [7, 11) is 0. The predicted octanol–water partition coefficient (Wildman–Crippen LogP) is 4.41. The first-order chi connectivity index (χ1) is 9.50. The molecule has 112 valence electrons. The lowest BCUT2D eigenvalue weighted by Crippen LogP contribution is -2.22. The van der Waals surface area contributed by atoms with Gasteiger partial charge in [-0.05, 0) is 36.5 Å². The Morgan fingerprint density at radius 1 is 1.25 bits per heavy atom. The maximum Gasteiger partial charge on any atom is 0.419 e. The number of halogens is 4. The van der Waals surface area contributed by atoms with Crippen LogP contribution in [0.2, 0.25) is 0 Å². The molecule has 1 aliphatic rings. The fourth-order valence-electron chi connectivity index (χ4n) is 2.13. The molecule has 0 saturated carbocycles. The Labute approximate surface area is 124 Å². The Hall–Kier alpha value is -0.750. The van der Waals surface area contributed by atoms with Crippen molar-refractivity contribution in [3.63, 3.8) is 0 Å². The molecule has 0 spiro atoms. The molecular weight excluding hydrogens is 337 g/mol. The van der Waals surface area contributed by atoms with Crippen molar-refractivity contribution in [1.82, 2.24) is 0 Å². The Bertz CT molecular complexity index is 443. The van der Waals surface area contributed by atoms with Crippen molar-refractivity contribution in [3.05, 3.63) is 29.3 Å². The van der Waals surface area contributed by atoms with E-state index in [0.29, 0.717) is 30.7 Å². The zero-order valence-electron chi connectivity index (χ0n) is 10.9. The number of ether oxygens (including phenoxy) is 2. The fraction of sp³-hybridized carbons (Fsp3) is 0.571. The largest absolute Gasteiger partial charge is 0.493 e. The van der Waals surface area contributed by atoms with E-state index in [1.54, 1.807) is 6.07 Å². The standard InChI is InChI=1S/C14H16BrF3O2/c15-8-11-1-2-13(12(7-11)14(16,17)18)20-9-10-3-5-19-6-4-10/h1-2,7,10H,3-6,8-9H2. The van der Waals surface area contributed by atoms with E-state index in [2.05, 4.69) is 15.9 Å². The molecule has 1 saturated heterocycles. The first-order valence-corrected chi connectivity index (χ1v) is 7.59. The van der Waals surface area contributed by atoms with Crippen molar-refractivity contribution in [3.8, 4) is 5.75 Å². The van der Waals surface area contributed by atoms with E-state index in [0.717, 1.165) is 18.9 Å². The molecule has 0 unspecified atom stereocenters. The van der Waals surface area contributed by atoms with Gasteiger partial charge in [0.2, 0.25) is 0 Å². The van der Waals surface area contributed by atoms with Gasteiger partial charge in [-0.15, -0.1) is 0 Å². The molecule has 1 aliphatic heterocycles. The van der Waals surface area contributed by atoms with E-state index >= 15 is 0 Å². The van der Waals surface area contributed by atoms with Crippen molar-refractivity contribution in [2.45, 2.75) is 24.3 Å². The molecule has 2 nitrogen and oxygen atoms in total. The first kappa shape index (κ1) is 15.6. The van der Waals surface area contributed by atoms with Crippen LogP contribution in [0.15, 0.2) is 18.2 Å². The summed E-state index contributed by atoms with van der Waals surface area (Å²) in [6.07, 6.45) is -2.73. The van der Waals surface area contributed by atoms with E-state index in [4.69, 9.17) is 9.47 Å². The van der Waals surface area contributed by atoms with E-state index in [9.17, 15) is 13.2 Å². The SMILES string of the molecule is FC(F)(F)c1cc(CBr)ccc1OCC1CCOCC1. The second-order valence-corrected chi connectivity index (χ2v) is 5.39. The third-order valence-electron chi connectivity index (χ3n) is 3.32. The average molecular weight is 353 g/mol. The Balaban J connectivity index is 2.09. The summed E-state index contributed by atoms with van der Waals surface area (Å²) in [5, 5.41) is 0.385. The number of benzene rings is 1. The van der Waals surface area contributed by atoms with Gasteiger partial charge in [-0.3, -0.25) is 0 Å². The second kappa shape index (κ2) is 6.80. The summed E-state index contributed by atoms with van der Waals surface area (Å²) in [4.78, 5) is 0. The van der Waals surface area contributed by atoms with Crippen molar-refractivity contribution >= 4 is 15.9 Å². The first-order valence-electron chi connectivity index (χ1n) is 6.47. The van der Waals surface area contributed by atoms with Crippen LogP contribution in [0, 0.1) is 5.92 Å². The van der Waals surface area contributed by atoms with Crippen LogP contribution in [-0.4, -0.2) is 19.8 Å². The summed E-state index contributed by atoms with van der Waals surface area (Å²) in [6, 6.07) is 4.18. The molecule has 20 heavy (non-hydrogen) atoms. The van der Waals surface area contributed by atoms with Crippen LogP contribution < -0.4 is 4.74 Å². The second-order valence-electron chi connectivity index (χ2n) is 4.83. The van der Waals surface area contributed by atoms with Crippen molar-refractivity contribution in [2.24, 2.45) is 5.92 Å². The maximum atomic E-state index is 13.0. The van der Waals surface area contributed by atoms with E-state index in [1.165, 1.54) is 6.07 Å². The average Bonchev–Trinajstić information content (AvgIpc) is 2.45. The van der Waals surface area contributed by atoms with Crippen molar-refractivity contribution < 1.29 is 22.6 Å². The van der Waals surface area contributed by atoms with Crippen molar-refractivity contribution in [1.29, 1.82) is 0 Å². The normalized spacial score (nSPS) is 17.2. The molecule has 0 aliphatic carbocycles. The van der Waals surface area contributed by atoms with Gasteiger partial charge in [0.05, 0.1) is 12.2 Å². The summed E-state index contributed by atoms with van der Waals surface area (Å²) in [5.41, 5.74) is -0.128. The maximum absolute atomic E-state index is 13.0. The molecule has 2 rings (SSSR count). The highest BCUT2D eigenvalue weighted by Gasteiger charge is 2.34. The van der Waals surface area contributed by atoms with Gasteiger partial charge in [0.25, 0.3) is 0 Å². The van der Waals surface area contributed by atoms with Gasteiger partial charge in [-0.2, -0.15) is 13.2 Å². The molecule has 1 heterocycles. The van der Waals surface area contributed by atoms with Crippen LogP contribution in [-0.2, 0) is 16.2 Å². The summed E-state index contributed by atoms with van der Waals surface area (Å²) in [6.45, 7) is 1.62. The van der Waals surface area contributed by atoms with Gasteiger partial charge < -0.3 is 9.47 Å². The zero-order valence-corrected chi connectivity index (χ0v) is 12.5. The van der Waals surface area contributed by atoms with Gasteiger partial charge in [0, 0.05) is 18.5 Å². The quantitative estimate of drug-likeness (QED) is 0.747. The Morgan fingerprint density at radius 2 is 1.95 bits per heavy atom. The number of rotatable bonds is 4. The van der Waals surface area contributed by atoms with E-state index in [1.807, 2.05) is 0 Å². The molecule has 0 aromatic heterocycles. The molecule has 0 amide bonds. The molecular formula is C14H16BrF3O2. The summed E-state index contributed by atoms with van der Waals surface area (Å²) >= 11 is 3.16. The number of hydrogen-bond acceptors (Lipinski definition) is 2. The predicted molar refractivity (Wildman–Crippen MR) is 73.1 cm³/mol. The molecule has 1 aromatic carbocycles. The minimum atomic E-state index is -4.40. The van der Waals surface area contributed by atoms with E-state index < -0.39 is 11.7 Å². The van der Waals surface area contributed by atoms with Crippen molar-refractivity contribution in [2.75, 3.05) is 19.8 Å². The molecule has 0 atom stereocenters. The van der Waals surface area contributed by atoms with Gasteiger partial charge in [0.15, 0.2) is 0 Å².